The smallest absolute Gasteiger partial charge is 0.0796 e. The molecule has 0 saturated carbocycles. The molecule has 3 rings (SSSR count). The summed E-state index contributed by atoms with van der Waals surface area (Å²) in [4.78, 5) is 0. The summed E-state index contributed by atoms with van der Waals surface area (Å²) in [5.74, 6) is 0. The molecule has 0 aliphatic heterocycles. The lowest BCUT2D eigenvalue weighted by molar-refractivity contribution is 0.119. The average Bonchev–Trinajstić information content (AvgIpc) is 2.76. The Hall–Kier alpha value is -1.60. The Bertz CT molecular complexity index is 557. The van der Waals surface area contributed by atoms with Gasteiger partial charge in [-0.25, -0.2) is 0 Å². The molecule has 1 atom stereocenters. The van der Waals surface area contributed by atoms with Crippen LogP contribution in [0.25, 0.3) is 11.1 Å². The van der Waals surface area contributed by atoms with Gasteiger partial charge in [-0.1, -0.05) is 42.5 Å². The monoisotopic (exact) mass is 224 g/mol. The van der Waals surface area contributed by atoms with Gasteiger partial charge in [0.2, 0.25) is 0 Å². The van der Waals surface area contributed by atoms with Crippen molar-refractivity contribution < 1.29 is 4.74 Å². The van der Waals surface area contributed by atoms with Crippen LogP contribution in [0.2, 0.25) is 0 Å². The molecule has 17 heavy (non-hydrogen) atoms. The van der Waals surface area contributed by atoms with Crippen LogP contribution in [0.1, 0.15) is 29.7 Å². The molecule has 1 nitrogen and oxygen atoms in total. The fourth-order valence-electron chi connectivity index (χ4n) is 2.69. The number of rotatable bonds is 2. The molecular formula is C16H16O. The Morgan fingerprint density at radius 1 is 1.00 bits per heavy atom. The van der Waals surface area contributed by atoms with Gasteiger partial charge in [-0.15, -0.1) is 0 Å². The molecule has 1 aliphatic rings. The van der Waals surface area contributed by atoms with Crippen LogP contribution < -0.4 is 0 Å². The molecule has 1 aliphatic carbocycles. The molecule has 1 unspecified atom stereocenters. The Morgan fingerprint density at radius 2 is 1.76 bits per heavy atom. The standard InChI is InChI=1S/C16H16O/c1-11(17-2)13-8-5-9-15-14-7-4-3-6-12(14)10-16(13)15/h3-9,11H,10H2,1-2H3. The van der Waals surface area contributed by atoms with Gasteiger partial charge in [0.05, 0.1) is 6.10 Å². The summed E-state index contributed by atoms with van der Waals surface area (Å²) >= 11 is 0. The second kappa shape index (κ2) is 4.01. The number of methoxy groups -OCH3 is 1. The third kappa shape index (κ3) is 1.58. The number of ether oxygens (including phenoxy) is 1. The van der Waals surface area contributed by atoms with Gasteiger partial charge in [0, 0.05) is 7.11 Å². The van der Waals surface area contributed by atoms with E-state index in [2.05, 4.69) is 49.4 Å². The van der Waals surface area contributed by atoms with Crippen LogP contribution in [0, 0.1) is 0 Å². The number of fused-ring (bicyclic) bond motifs is 3. The van der Waals surface area contributed by atoms with Gasteiger partial charge in [-0.2, -0.15) is 0 Å². The van der Waals surface area contributed by atoms with Crippen LogP contribution in [-0.2, 0) is 11.2 Å². The number of hydrogen-bond donors (Lipinski definition) is 0. The molecular weight excluding hydrogens is 208 g/mol. The van der Waals surface area contributed by atoms with Crippen LogP contribution in [0.4, 0.5) is 0 Å². The van der Waals surface area contributed by atoms with E-state index in [1.807, 2.05) is 0 Å². The van der Waals surface area contributed by atoms with E-state index >= 15 is 0 Å². The van der Waals surface area contributed by atoms with E-state index in [0.717, 1.165) is 6.42 Å². The van der Waals surface area contributed by atoms with E-state index in [1.54, 1.807) is 7.11 Å². The van der Waals surface area contributed by atoms with E-state index in [1.165, 1.54) is 27.8 Å². The van der Waals surface area contributed by atoms with E-state index in [-0.39, 0.29) is 6.10 Å². The van der Waals surface area contributed by atoms with E-state index in [4.69, 9.17) is 4.74 Å². The number of hydrogen-bond acceptors (Lipinski definition) is 1. The molecule has 0 aromatic heterocycles. The summed E-state index contributed by atoms with van der Waals surface area (Å²) in [6, 6.07) is 15.2. The Kier molecular flexibility index (Phi) is 2.49. The maximum atomic E-state index is 5.46. The molecule has 86 valence electrons. The highest BCUT2D eigenvalue weighted by atomic mass is 16.5. The molecule has 0 heterocycles. The molecule has 0 N–H and O–H groups in total. The van der Waals surface area contributed by atoms with Crippen molar-refractivity contribution in [3.8, 4) is 11.1 Å². The Labute approximate surface area is 102 Å². The van der Waals surface area contributed by atoms with Gasteiger partial charge in [-0.05, 0) is 41.2 Å². The minimum absolute atomic E-state index is 0.166. The van der Waals surface area contributed by atoms with Crippen molar-refractivity contribution in [2.75, 3.05) is 7.11 Å². The second-order valence-corrected chi connectivity index (χ2v) is 4.59. The van der Waals surface area contributed by atoms with E-state index in [0.29, 0.717) is 0 Å². The summed E-state index contributed by atoms with van der Waals surface area (Å²) in [6.45, 7) is 2.11. The molecule has 2 aromatic rings. The average molecular weight is 224 g/mol. The predicted molar refractivity (Wildman–Crippen MR) is 70.1 cm³/mol. The van der Waals surface area contributed by atoms with Gasteiger partial charge < -0.3 is 4.74 Å². The minimum Gasteiger partial charge on any atom is -0.377 e. The first kappa shape index (κ1) is 10.5. The first-order chi connectivity index (χ1) is 8.31. The summed E-state index contributed by atoms with van der Waals surface area (Å²) in [5.41, 5.74) is 6.94. The molecule has 0 fully saturated rings. The van der Waals surface area contributed by atoms with Crippen molar-refractivity contribution in [3.05, 3.63) is 59.2 Å². The van der Waals surface area contributed by atoms with Crippen LogP contribution in [-0.4, -0.2) is 7.11 Å². The molecule has 0 spiro atoms. The Balaban J connectivity index is 2.17. The van der Waals surface area contributed by atoms with Crippen LogP contribution in [0.5, 0.6) is 0 Å². The van der Waals surface area contributed by atoms with Crippen molar-refractivity contribution in [2.45, 2.75) is 19.4 Å². The van der Waals surface area contributed by atoms with Crippen molar-refractivity contribution in [3.63, 3.8) is 0 Å². The van der Waals surface area contributed by atoms with Crippen LogP contribution >= 0.6 is 0 Å². The quantitative estimate of drug-likeness (QED) is 0.640. The summed E-state index contributed by atoms with van der Waals surface area (Å²) in [6.07, 6.45) is 1.20. The van der Waals surface area contributed by atoms with Crippen molar-refractivity contribution >= 4 is 0 Å². The summed E-state index contributed by atoms with van der Waals surface area (Å²) in [7, 11) is 1.77. The highest BCUT2D eigenvalue weighted by Gasteiger charge is 2.22. The molecule has 0 amide bonds. The first-order valence-electron chi connectivity index (χ1n) is 6.04. The third-order valence-electron chi connectivity index (χ3n) is 3.68. The largest absolute Gasteiger partial charge is 0.377 e. The molecule has 2 aromatic carbocycles. The molecule has 0 bridgehead atoms. The lowest BCUT2D eigenvalue weighted by Gasteiger charge is -2.14. The van der Waals surface area contributed by atoms with Crippen molar-refractivity contribution in [1.82, 2.24) is 0 Å². The zero-order valence-electron chi connectivity index (χ0n) is 10.2. The highest BCUT2D eigenvalue weighted by molar-refractivity contribution is 5.77. The highest BCUT2D eigenvalue weighted by Crippen LogP contribution is 2.39. The molecule has 1 heteroatoms. The normalized spacial score (nSPS) is 14.2. The first-order valence-corrected chi connectivity index (χ1v) is 6.04. The molecule has 0 saturated heterocycles. The SMILES string of the molecule is COC(C)c1cccc2c1Cc1ccccc1-2. The van der Waals surface area contributed by atoms with Gasteiger partial charge in [0.15, 0.2) is 0 Å². The zero-order chi connectivity index (χ0) is 11.8. The fraction of sp³-hybridized carbons (Fsp3) is 0.250. The fourth-order valence-corrected chi connectivity index (χ4v) is 2.69. The van der Waals surface area contributed by atoms with Gasteiger partial charge in [-0.3, -0.25) is 0 Å². The third-order valence-corrected chi connectivity index (χ3v) is 3.68. The van der Waals surface area contributed by atoms with Gasteiger partial charge in [0.1, 0.15) is 0 Å². The topological polar surface area (TPSA) is 9.23 Å². The second-order valence-electron chi connectivity index (χ2n) is 4.59. The van der Waals surface area contributed by atoms with E-state index < -0.39 is 0 Å². The summed E-state index contributed by atoms with van der Waals surface area (Å²) < 4.78 is 5.46. The summed E-state index contributed by atoms with van der Waals surface area (Å²) in [5, 5.41) is 0. The lowest BCUT2D eigenvalue weighted by atomic mass is 9.98. The van der Waals surface area contributed by atoms with Crippen LogP contribution in [0.3, 0.4) is 0 Å². The zero-order valence-corrected chi connectivity index (χ0v) is 10.2. The molecule has 0 radical (unpaired) electrons. The minimum atomic E-state index is 0.166. The predicted octanol–water partition coefficient (Wildman–Crippen LogP) is 3.97. The van der Waals surface area contributed by atoms with Gasteiger partial charge in [0.25, 0.3) is 0 Å². The van der Waals surface area contributed by atoms with Crippen LogP contribution in [0.15, 0.2) is 42.5 Å². The van der Waals surface area contributed by atoms with Crippen molar-refractivity contribution in [2.24, 2.45) is 0 Å². The lowest BCUT2D eigenvalue weighted by Crippen LogP contribution is -2.00. The Morgan fingerprint density at radius 3 is 2.59 bits per heavy atom. The number of benzene rings is 2. The van der Waals surface area contributed by atoms with E-state index in [9.17, 15) is 0 Å². The maximum Gasteiger partial charge on any atom is 0.0796 e. The van der Waals surface area contributed by atoms with Gasteiger partial charge >= 0.3 is 0 Å². The van der Waals surface area contributed by atoms with Crippen molar-refractivity contribution in [1.29, 1.82) is 0 Å². The maximum absolute atomic E-state index is 5.46.